The molecule has 0 saturated carbocycles. The van der Waals surface area contributed by atoms with E-state index >= 15 is 0 Å². The van der Waals surface area contributed by atoms with Crippen LogP contribution >= 0.6 is 0 Å². The van der Waals surface area contributed by atoms with E-state index in [0.29, 0.717) is 28.3 Å². The Hall–Kier alpha value is -3.29. The number of carbonyl (C=O) groups excluding carboxylic acids is 1. The van der Waals surface area contributed by atoms with Crippen molar-refractivity contribution in [1.29, 1.82) is 0 Å². The molecule has 0 fully saturated rings. The molecule has 1 N–H and O–H groups in total. The largest absolute Gasteiger partial charge is 0.493 e. The molecule has 3 rings (SSSR count). The Labute approximate surface area is 144 Å². The van der Waals surface area contributed by atoms with E-state index in [0.717, 1.165) is 0 Å². The molecule has 1 amide bonds. The van der Waals surface area contributed by atoms with Crippen LogP contribution in [0.4, 0.5) is 11.4 Å². The highest BCUT2D eigenvalue weighted by molar-refractivity contribution is 6.02. The molecule has 25 heavy (non-hydrogen) atoms. The highest BCUT2D eigenvalue weighted by Gasteiger charge is 2.32. The second kappa shape index (κ2) is 6.31. The van der Waals surface area contributed by atoms with Crippen LogP contribution in [0.3, 0.4) is 0 Å². The summed E-state index contributed by atoms with van der Waals surface area (Å²) in [5.74, 6) is 0.730. The van der Waals surface area contributed by atoms with Crippen molar-refractivity contribution >= 4 is 17.3 Å². The predicted octanol–water partition coefficient (Wildman–Crippen LogP) is 2.81. The lowest BCUT2D eigenvalue weighted by Crippen LogP contribution is -2.40. The molecule has 0 spiro atoms. The number of hydrogen-bond acceptors (Lipinski definition) is 6. The molecule has 1 heterocycles. The molecule has 0 radical (unpaired) electrons. The number of nitro groups is 1. The SMILES string of the molecule is COc1cc2c(cc1OC)C(=O)N(C)[C@@H](c1cccc([N+](=O)[O-])c1)N2. The third kappa shape index (κ3) is 2.82. The molecular weight excluding hydrogens is 326 g/mol. The summed E-state index contributed by atoms with van der Waals surface area (Å²) >= 11 is 0. The van der Waals surface area contributed by atoms with E-state index in [2.05, 4.69) is 5.32 Å². The number of rotatable bonds is 4. The number of ether oxygens (including phenoxy) is 2. The quantitative estimate of drug-likeness (QED) is 0.678. The predicted molar refractivity (Wildman–Crippen MR) is 91.1 cm³/mol. The van der Waals surface area contributed by atoms with Gasteiger partial charge in [0, 0.05) is 30.8 Å². The maximum atomic E-state index is 12.7. The second-order valence-electron chi connectivity index (χ2n) is 5.57. The normalized spacial score (nSPS) is 16.0. The third-order valence-corrected chi connectivity index (χ3v) is 4.15. The van der Waals surface area contributed by atoms with E-state index in [9.17, 15) is 14.9 Å². The Balaban J connectivity index is 2.05. The maximum Gasteiger partial charge on any atom is 0.269 e. The molecule has 1 atom stereocenters. The van der Waals surface area contributed by atoms with Gasteiger partial charge in [-0.3, -0.25) is 14.9 Å². The number of anilines is 1. The minimum absolute atomic E-state index is 0.0294. The first kappa shape index (κ1) is 16.6. The van der Waals surface area contributed by atoms with Gasteiger partial charge in [0.05, 0.1) is 30.4 Å². The number of nitro benzene ring substituents is 1. The van der Waals surface area contributed by atoms with Crippen molar-refractivity contribution in [2.45, 2.75) is 6.17 Å². The summed E-state index contributed by atoms with van der Waals surface area (Å²) in [6, 6.07) is 9.49. The monoisotopic (exact) mass is 343 g/mol. The number of non-ortho nitro benzene ring substituents is 1. The Morgan fingerprint density at radius 1 is 1.16 bits per heavy atom. The van der Waals surface area contributed by atoms with Crippen LogP contribution in [-0.4, -0.2) is 37.0 Å². The topological polar surface area (TPSA) is 93.9 Å². The average Bonchev–Trinajstić information content (AvgIpc) is 2.63. The van der Waals surface area contributed by atoms with Crippen molar-refractivity contribution in [3.8, 4) is 11.5 Å². The Kier molecular flexibility index (Phi) is 4.18. The van der Waals surface area contributed by atoms with Gasteiger partial charge in [0.2, 0.25) is 0 Å². The van der Waals surface area contributed by atoms with Crippen LogP contribution in [0.2, 0.25) is 0 Å². The summed E-state index contributed by atoms with van der Waals surface area (Å²) in [5.41, 5.74) is 1.61. The minimum atomic E-state index is -0.530. The molecule has 2 aromatic rings. The number of nitrogens with zero attached hydrogens (tertiary/aromatic N) is 2. The maximum absolute atomic E-state index is 12.7. The van der Waals surface area contributed by atoms with Crippen molar-refractivity contribution in [1.82, 2.24) is 4.90 Å². The Morgan fingerprint density at radius 2 is 1.84 bits per heavy atom. The van der Waals surface area contributed by atoms with Crippen LogP contribution in [0.5, 0.6) is 11.5 Å². The van der Waals surface area contributed by atoms with Gasteiger partial charge in [0.1, 0.15) is 6.17 Å². The molecule has 0 bridgehead atoms. The summed E-state index contributed by atoms with van der Waals surface area (Å²) < 4.78 is 10.5. The summed E-state index contributed by atoms with van der Waals surface area (Å²) in [6.07, 6.45) is -0.530. The average molecular weight is 343 g/mol. The van der Waals surface area contributed by atoms with Crippen molar-refractivity contribution in [2.24, 2.45) is 0 Å². The fraction of sp³-hybridized carbons (Fsp3) is 0.235. The lowest BCUT2D eigenvalue weighted by Gasteiger charge is -2.35. The van der Waals surface area contributed by atoms with Crippen molar-refractivity contribution in [2.75, 3.05) is 26.6 Å². The van der Waals surface area contributed by atoms with E-state index < -0.39 is 11.1 Å². The number of benzene rings is 2. The van der Waals surface area contributed by atoms with Gasteiger partial charge in [-0.15, -0.1) is 0 Å². The number of carbonyl (C=O) groups is 1. The van der Waals surface area contributed by atoms with Crippen LogP contribution < -0.4 is 14.8 Å². The number of nitrogens with one attached hydrogen (secondary N) is 1. The van der Waals surface area contributed by atoms with Crippen LogP contribution in [-0.2, 0) is 0 Å². The van der Waals surface area contributed by atoms with Crippen molar-refractivity contribution in [3.63, 3.8) is 0 Å². The van der Waals surface area contributed by atoms with E-state index in [1.165, 1.54) is 31.3 Å². The molecule has 1 aliphatic heterocycles. The zero-order valence-electron chi connectivity index (χ0n) is 14.0. The summed E-state index contributed by atoms with van der Waals surface area (Å²) in [6.45, 7) is 0. The second-order valence-corrected chi connectivity index (χ2v) is 5.57. The molecule has 2 aromatic carbocycles. The molecule has 0 aromatic heterocycles. The molecule has 8 nitrogen and oxygen atoms in total. The minimum Gasteiger partial charge on any atom is -0.493 e. The van der Waals surface area contributed by atoms with E-state index in [-0.39, 0.29) is 11.6 Å². The number of methoxy groups -OCH3 is 2. The van der Waals surface area contributed by atoms with E-state index in [4.69, 9.17) is 9.47 Å². The zero-order valence-corrected chi connectivity index (χ0v) is 14.0. The molecular formula is C17H17N3O5. The van der Waals surface area contributed by atoms with Gasteiger partial charge in [-0.1, -0.05) is 12.1 Å². The highest BCUT2D eigenvalue weighted by Crippen LogP contribution is 2.39. The third-order valence-electron chi connectivity index (χ3n) is 4.15. The summed E-state index contributed by atoms with van der Waals surface area (Å²) in [5, 5.41) is 14.2. The molecule has 8 heteroatoms. The number of fused-ring (bicyclic) bond motifs is 1. The van der Waals surface area contributed by atoms with E-state index in [1.54, 1.807) is 31.3 Å². The zero-order chi connectivity index (χ0) is 18.1. The fourth-order valence-corrected chi connectivity index (χ4v) is 2.84. The molecule has 0 aliphatic carbocycles. The smallest absolute Gasteiger partial charge is 0.269 e. The van der Waals surface area contributed by atoms with Crippen LogP contribution in [0.15, 0.2) is 36.4 Å². The molecule has 0 saturated heterocycles. The first-order chi connectivity index (χ1) is 12.0. The van der Waals surface area contributed by atoms with E-state index in [1.807, 2.05) is 0 Å². The van der Waals surface area contributed by atoms with Crippen LogP contribution in [0.25, 0.3) is 0 Å². The van der Waals surface area contributed by atoms with Gasteiger partial charge >= 0.3 is 0 Å². The van der Waals surface area contributed by atoms with Gasteiger partial charge in [-0.2, -0.15) is 0 Å². The Morgan fingerprint density at radius 3 is 2.48 bits per heavy atom. The van der Waals surface area contributed by atoms with Gasteiger partial charge in [0.25, 0.3) is 11.6 Å². The number of hydrogen-bond donors (Lipinski definition) is 1. The molecule has 1 aliphatic rings. The number of amides is 1. The van der Waals surface area contributed by atoms with Crippen LogP contribution in [0.1, 0.15) is 22.1 Å². The van der Waals surface area contributed by atoms with Crippen LogP contribution in [0, 0.1) is 10.1 Å². The summed E-state index contributed by atoms with van der Waals surface area (Å²) in [4.78, 5) is 24.8. The van der Waals surface area contributed by atoms with Gasteiger partial charge < -0.3 is 19.7 Å². The lowest BCUT2D eigenvalue weighted by molar-refractivity contribution is -0.384. The van der Waals surface area contributed by atoms with Gasteiger partial charge in [-0.25, -0.2) is 0 Å². The molecule has 130 valence electrons. The lowest BCUT2D eigenvalue weighted by atomic mass is 10.0. The van der Waals surface area contributed by atoms with Gasteiger partial charge in [0.15, 0.2) is 11.5 Å². The standard InChI is InChI=1S/C17H17N3O5/c1-19-16(10-5-4-6-11(7-10)20(22)23)18-13-9-15(25-3)14(24-2)8-12(13)17(19)21/h4-9,16,18H,1-3H3/t16-/m0/s1. The van der Waals surface area contributed by atoms with Crippen molar-refractivity contribution in [3.05, 3.63) is 57.6 Å². The first-order valence-electron chi connectivity index (χ1n) is 7.50. The first-order valence-corrected chi connectivity index (χ1v) is 7.50. The van der Waals surface area contributed by atoms with Gasteiger partial charge in [-0.05, 0) is 6.07 Å². The Bertz CT molecular complexity index is 852. The molecule has 0 unspecified atom stereocenters. The van der Waals surface area contributed by atoms with Crippen molar-refractivity contribution < 1.29 is 19.2 Å². The highest BCUT2D eigenvalue weighted by atomic mass is 16.6. The summed E-state index contributed by atoms with van der Waals surface area (Å²) in [7, 11) is 4.65. The fourth-order valence-electron chi connectivity index (χ4n) is 2.84.